The highest BCUT2D eigenvalue weighted by Crippen LogP contribution is 2.28. The van der Waals surface area contributed by atoms with E-state index in [1.54, 1.807) is 0 Å². The van der Waals surface area contributed by atoms with E-state index in [9.17, 15) is 0 Å². The molecule has 0 bridgehead atoms. The van der Waals surface area contributed by atoms with E-state index in [-0.39, 0.29) is 0 Å². The van der Waals surface area contributed by atoms with Crippen LogP contribution in [-0.2, 0) is 6.54 Å². The summed E-state index contributed by atoms with van der Waals surface area (Å²) in [6, 6.07) is 13.3. The maximum Gasteiger partial charge on any atom is 0.128 e. The van der Waals surface area contributed by atoms with E-state index in [1.807, 2.05) is 49.5 Å². The molecule has 0 aromatic heterocycles. The quantitative estimate of drug-likeness (QED) is 0.808. The van der Waals surface area contributed by atoms with E-state index < -0.39 is 0 Å². The van der Waals surface area contributed by atoms with Crippen molar-refractivity contribution in [1.82, 2.24) is 5.32 Å². The van der Waals surface area contributed by atoms with Crippen LogP contribution in [0.3, 0.4) is 0 Å². The Morgan fingerprint density at radius 2 is 1.67 bits per heavy atom. The van der Waals surface area contributed by atoms with E-state index in [0.29, 0.717) is 5.02 Å². The lowest BCUT2D eigenvalue weighted by Crippen LogP contribution is -2.05. The molecule has 2 aromatic carbocycles. The molecule has 0 aliphatic heterocycles. The van der Waals surface area contributed by atoms with Crippen LogP contribution in [0.2, 0.25) is 5.02 Å². The van der Waals surface area contributed by atoms with E-state index in [2.05, 4.69) is 12.2 Å². The first kappa shape index (κ1) is 15.7. The van der Waals surface area contributed by atoms with Crippen LogP contribution >= 0.6 is 11.6 Å². The van der Waals surface area contributed by atoms with Crippen molar-refractivity contribution in [3.63, 3.8) is 0 Å². The lowest BCUT2D eigenvalue weighted by atomic mass is 10.2. The molecule has 1 N–H and O–H groups in total. The van der Waals surface area contributed by atoms with E-state index in [4.69, 9.17) is 21.1 Å². The Morgan fingerprint density at radius 1 is 1.00 bits per heavy atom. The van der Waals surface area contributed by atoms with Crippen LogP contribution in [0, 0.1) is 0 Å². The monoisotopic (exact) mass is 305 g/mol. The van der Waals surface area contributed by atoms with Crippen LogP contribution in [0.1, 0.15) is 18.9 Å². The van der Waals surface area contributed by atoms with Gasteiger partial charge in [0.05, 0.1) is 6.61 Å². The molecule has 2 aromatic rings. The summed E-state index contributed by atoms with van der Waals surface area (Å²) >= 11 is 6.22. The molecule has 3 nitrogen and oxygen atoms in total. The Bertz CT molecular complexity index is 570. The van der Waals surface area contributed by atoms with Crippen molar-refractivity contribution in [2.75, 3.05) is 13.7 Å². The maximum atomic E-state index is 6.22. The van der Waals surface area contributed by atoms with Crippen molar-refractivity contribution in [1.29, 1.82) is 0 Å². The van der Waals surface area contributed by atoms with Crippen molar-refractivity contribution >= 4 is 11.6 Å². The van der Waals surface area contributed by atoms with Gasteiger partial charge in [-0.1, -0.05) is 24.6 Å². The van der Waals surface area contributed by atoms with Crippen molar-refractivity contribution in [2.24, 2.45) is 0 Å². The third-order valence-electron chi connectivity index (χ3n) is 2.92. The maximum absolute atomic E-state index is 6.22. The molecule has 0 unspecified atom stereocenters. The van der Waals surface area contributed by atoms with Crippen LogP contribution in [0.5, 0.6) is 17.2 Å². The van der Waals surface area contributed by atoms with Gasteiger partial charge in [0.1, 0.15) is 17.2 Å². The normalized spacial score (nSPS) is 10.4. The lowest BCUT2D eigenvalue weighted by molar-refractivity contribution is 0.317. The van der Waals surface area contributed by atoms with Gasteiger partial charge in [0.25, 0.3) is 0 Å². The van der Waals surface area contributed by atoms with Gasteiger partial charge in [0.2, 0.25) is 0 Å². The van der Waals surface area contributed by atoms with Gasteiger partial charge >= 0.3 is 0 Å². The van der Waals surface area contributed by atoms with Gasteiger partial charge in [0, 0.05) is 11.6 Å². The molecule has 0 radical (unpaired) electrons. The van der Waals surface area contributed by atoms with Crippen LogP contribution in [0.15, 0.2) is 42.5 Å². The molecule has 0 aliphatic carbocycles. The third-order valence-corrected chi connectivity index (χ3v) is 3.28. The molecule has 2 rings (SSSR count). The summed E-state index contributed by atoms with van der Waals surface area (Å²) in [5.74, 6) is 2.34. The van der Waals surface area contributed by atoms with Crippen molar-refractivity contribution in [3.05, 3.63) is 53.1 Å². The predicted octanol–water partition coefficient (Wildman–Crippen LogP) is 4.64. The highest BCUT2D eigenvalue weighted by atomic mass is 35.5. The second-order valence-electron chi connectivity index (χ2n) is 4.71. The fraction of sp³-hybridized carbons (Fsp3) is 0.294. The van der Waals surface area contributed by atoms with Crippen LogP contribution in [-0.4, -0.2) is 13.7 Å². The van der Waals surface area contributed by atoms with E-state index in [0.717, 1.165) is 42.4 Å². The zero-order chi connectivity index (χ0) is 15.1. The fourth-order valence-electron chi connectivity index (χ4n) is 1.89. The number of ether oxygens (including phenoxy) is 2. The van der Waals surface area contributed by atoms with Gasteiger partial charge in [-0.3, -0.25) is 0 Å². The molecule has 112 valence electrons. The summed E-state index contributed by atoms with van der Waals surface area (Å²) in [5, 5.41) is 3.78. The zero-order valence-corrected chi connectivity index (χ0v) is 13.1. The summed E-state index contributed by atoms with van der Waals surface area (Å²) < 4.78 is 11.3. The number of halogens is 1. The lowest BCUT2D eigenvalue weighted by Gasteiger charge is -2.10. The van der Waals surface area contributed by atoms with Crippen LogP contribution in [0.4, 0.5) is 0 Å². The number of hydrogen-bond acceptors (Lipinski definition) is 3. The molecule has 0 heterocycles. The first-order valence-electron chi connectivity index (χ1n) is 7.06. The molecule has 21 heavy (non-hydrogen) atoms. The number of benzene rings is 2. The largest absolute Gasteiger partial charge is 0.494 e. The van der Waals surface area contributed by atoms with Gasteiger partial charge in [-0.05, 0) is 55.4 Å². The molecule has 0 fully saturated rings. The van der Waals surface area contributed by atoms with Crippen molar-refractivity contribution < 1.29 is 9.47 Å². The smallest absolute Gasteiger partial charge is 0.128 e. The van der Waals surface area contributed by atoms with Crippen LogP contribution in [0.25, 0.3) is 0 Å². The molecule has 0 saturated heterocycles. The van der Waals surface area contributed by atoms with E-state index in [1.165, 1.54) is 0 Å². The standard InChI is InChI=1S/C17H20ClNO2/c1-3-10-20-14-6-8-15(9-7-14)21-16-5-4-13(12-19-2)17(18)11-16/h4-9,11,19H,3,10,12H2,1-2H3. The highest BCUT2D eigenvalue weighted by molar-refractivity contribution is 6.31. The third kappa shape index (κ3) is 4.66. The first-order chi connectivity index (χ1) is 10.2. The Morgan fingerprint density at radius 3 is 2.29 bits per heavy atom. The Kier molecular flexibility index (Phi) is 5.90. The number of rotatable bonds is 7. The van der Waals surface area contributed by atoms with E-state index >= 15 is 0 Å². The molecule has 0 amide bonds. The fourth-order valence-corrected chi connectivity index (χ4v) is 2.12. The molecule has 0 saturated carbocycles. The van der Waals surface area contributed by atoms with Gasteiger partial charge in [0.15, 0.2) is 0 Å². The Hall–Kier alpha value is -1.71. The minimum absolute atomic E-state index is 0.699. The summed E-state index contributed by atoms with van der Waals surface area (Å²) in [6.07, 6.45) is 0.996. The minimum atomic E-state index is 0.699. The molecule has 4 heteroatoms. The SMILES string of the molecule is CCCOc1ccc(Oc2ccc(CNC)c(Cl)c2)cc1. The second-order valence-corrected chi connectivity index (χ2v) is 5.11. The van der Waals surface area contributed by atoms with Gasteiger partial charge in [-0.15, -0.1) is 0 Å². The predicted molar refractivity (Wildman–Crippen MR) is 86.5 cm³/mol. The number of nitrogens with one attached hydrogen (secondary N) is 1. The van der Waals surface area contributed by atoms with Gasteiger partial charge in [-0.25, -0.2) is 0 Å². The zero-order valence-electron chi connectivity index (χ0n) is 12.4. The first-order valence-corrected chi connectivity index (χ1v) is 7.44. The van der Waals surface area contributed by atoms with Gasteiger partial charge < -0.3 is 14.8 Å². The Balaban J connectivity index is 2.02. The number of hydrogen-bond donors (Lipinski definition) is 1. The van der Waals surface area contributed by atoms with Gasteiger partial charge in [-0.2, -0.15) is 0 Å². The average Bonchev–Trinajstić information content (AvgIpc) is 2.49. The van der Waals surface area contributed by atoms with Crippen molar-refractivity contribution in [3.8, 4) is 17.2 Å². The van der Waals surface area contributed by atoms with Crippen LogP contribution < -0.4 is 14.8 Å². The second kappa shape index (κ2) is 7.91. The minimum Gasteiger partial charge on any atom is -0.494 e. The summed E-state index contributed by atoms with van der Waals surface area (Å²) in [5.41, 5.74) is 1.05. The molecule has 0 aliphatic rings. The molecule has 0 atom stereocenters. The topological polar surface area (TPSA) is 30.5 Å². The van der Waals surface area contributed by atoms with Crippen molar-refractivity contribution in [2.45, 2.75) is 19.9 Å². The molecular weight excluding hydrogens is 286 g/mol. The summed E-state index contributed by atoms with van der Waals surface area (Å²) in [7, 11) is 1.89. The summed E-state index contributed by atoms with van der Waals surface area (Å²) in [6.45, 7) is 3.55. The molecule has 0 spiro atoms. The average molecular weight is 306 g/mol. The summed E-state index contributed by atoms with van der Waals surface area (Å²) in [4.78, 5) is 0. The molecular formula is C17H20ClNO2. The highest BCUT2D eigenvalue weighted by Gasteiger charge is 2.03. The Labute approximate surface area is 130 Å².